The predicted molar refractivity (Wildman–Crippen MR) is 165 cm³/mol. The number of piperidine rings is 1. The van der Waals surface area contributed by atoms with Crippen molar-refractivity contribution in [2.45, 2.75) is 43.9 Å². The number of hydrogen-bond acceptors (Lipinski definition) is 5. The number of amides is 1. The van der Waals surface area contributed by atoms with Crippen LogP contribution in [0.3, 0.4) is 0 Å². The summed E-state index contributed by atoms with van der Waals surface area (Å²) in [4.78, 5) is 21.9. The molecule has 6 rings (SSSR count). The van der Waals surface area contributed by atoms with Crippen LogP contribution >= 0.6 is 11.8 Å². The van der Waals surface area contributed by atoms with Crippen LogP contribution in [0.25, 0.3) is 0 Å². The monoisotopic (exact) mass is 573 g/mol. The van der Waals surface area contributed by atoms with E-state index in [1.165, 1.54) is 35.9 Å². The van der Waals surface area contributed by atoms with Crippen molar-refractivity contribution in [2.24, 2.45) is 10.9 Å². The molecule has 40 heavy (non-hydrogen) atoms. The molecule has 3 aromatic rings. The minimum atomic E-state index is -3.11. The zero-order chi connectivity index (χ0) is 27.7. The van der Waals surface area contributed by atoms with Gasteiger partial charge in [0.25, 0.3) is 5.91 Å². The van der Waals surface area contributed by atoms with E-state index in [4.69, 9.17) is 0 Å². The summed E-state index contributed by atoms with van der Waals surface area (Å²) in [6.07, 6.45) is 3.70. The Labute approximate surface area is 241 Å². The number of aryl methyl sites for hydroxylation is 1. The largest absolute Gasteiger partial charge is 0.372 e. The molecule has 0 aliphatic carbocycles. The van der Waals surface area contributed by atoms with Crippen LogP contribution in [0.4, 0.5) is 11.4 Å². The summed E-state index contributed by atoms with van der Waals surface area (Å²) < 4.78 is 24.9. The van der Waals surface area contributed by atoms with Crippen LogP contribution in [0.1, 0.15) is 29.5 Å². The first kappa shape index (κ1) is 27.1. The van der Waals surface area contributed by atoms with E-state index in [1.54, 1.807) is 0 Å². The lowest BCUT2D eigenvalue weighted by atomic mass is 9.90. The molecule has 0 saturated carbocycles. The van der Waals surface area contributed by atoms with Crippen molar-refractivity contribution < 1.29 is 13.2 Å². The number of sulfone groups is 1. The lowest BCUT2D eigenvalue weighted by molar-refractivity contribution is -0.117. The minimum absolute atomic E-state index is 0.0898. The van der Waals surface area contributed by atoms with Crippen LogP contribution in [0.15, 0.2) is 83.9 Å². The number of carbonyl (C=O) groups excluding carboxylic acids is 1. The molecule has 1 amide bonds. The molecule has 3 heterocycles. The van der Waals surface area contributed by atoms with E-state index in [0.29, 0.717) is 11.1 Å². The summed E-state index contributed by atoms with van der Waals surface area (Å²) in [6, 6.07) is 26.8. The van der Waals surface area contributed by atoms with Crippen LogP contribution in [0.2, 0.25) is 0 Å². The Morgan fingerprint density at radius 1 is 0.875 bits per heavy atom. The van der Waals surface area contributed by atoms with Gasteiger partial charge >= 0.3 is 0 Å². The summed E-state index contributed by atoms with van der Waals surface area (Å²) in [6.45, 7) is 4.07. The molecule has 3 fully saturated rings. The lowest BCUT2D eigenvalue weighted by Crippen LogP contribution is -2.38. The van der Waals surface area contributed by atoms with Gasteiger partial charge in [0.2, 0.25) is 0 Å². The van der Waals surface area contributed by atoms with Crippen molar-refractivity contribution in [3.8, 4) is 0 Å². The van der Waals surface area contributed by atoms with Crippen LogP contribution < -0.4 is 9.80 Å². The second kappa shape index (κ2) is 11.4. The van der Waals surface area contributed by atoms with Crippen molar-refractivity contribution in [3.05, 3.63) is 95.6 Å². The van der Waals surface area contributed by atoms with Gasteiger partial charge < -0.3 is 9.80 Å². The molecule has 0 aromatic heterocycles. The maximum absolute atomic E-state index is 12.9. The third-order valence-electron chi connectivity index (χ3n) is 8.24. The van der Waals surface area contributed by atoms with Crippen LogP contribution in [0, 0.1) is 12.8 Å². The van der Waals surface area contributed by atoms with Gasteiger partial charge in [-0.05, 0) is 67.5 Å². The van der Waals surface area contributed by atoms with Crippen LogP contribution in [0.5, 0.6) is 0 Å². The van der Waals surface area contributed by atoms with Gasteiger partial charge in [-0.2, -0.15) is 4.99 Å². The first-order chi connectivity index (χ1) is 19.3. The zero-order valence-corrected chi connectivity index (χ0v) is 24.4. The van der Waals surface area contributed by atoms with Crippen LogP contribution in [-0.4, -0.2) is 55.4 Å². The molecule has 2 atom stereocenters. The van der Waals surface area contributed by atoms with Gasteiger partial charge in [-0.25, -0.2) is 8.42 Å². The first-order valence-corrected chi connectivity index (χ1v) is 16.8. The second-order valence-corrected chi connectivity index (χ2v) is 14.6. The van der Waals surface area contributed by atoms with Gasteiger partial charge in [0.15, 0.2) is 15.0 Å². The Bertz CT molecular complexity index is 1480. The van der Waals surface area contributed by atoms with Gasteiger partial charge in [0, 0.05) is 29.7 Å². The Kier molecular flexibility index (Phi) is 7.73. The normalized spacial score (nSPS) is 23.5. The standard InChI is InChI=1S/C32H35N3O3S2/c1-23-7-9-25(10-8-23)20-31(36)33-32-35(29-21-40(37,38)22-30(29)39-32)28-13-11-27(12-14-28)34-17-15-26(16-18-34)19-24-5-3-2-4-6-24/h2-14,26,29-30H,15-22H2,1H3. The molecule has 2 unspecified atom stereocenters. The topological polar surface area (TPSA) is 70.0 Å². The third kappa shape index (κ3) is 6.13. The molecule has 208 valence electrons. The molecule has 0 bridgehead atoms. The summed E-state index contributed by atoms with van der Waals surface area (Å²) in [5, 5.41) is 0.496. The van der Waals surface area contributed by atoms with Gasteiger partial charge in [-0.15, -0.1) is 0 Å². The summed E-state index contributed by atoms with van der Waals surface area (Å²) in [5.41, 5.74) is 5.55. The summed E-state index contributed by atoms with van der Waals surface area (Å²) in [5.74, 6) is 0.707. The van der Waals surface area contributed by atoms with Crippen molar-refractivity contribution in [3.63, 3.8) is 0 Å². The van der Waals surface area contributed by atoms with Gasteiger partial charge in [-0.1, -0.05) is 71.9 Å². The first-order valence-electron chi connectivity index (χ1n) is 14.1. The Morgan fingerprint density at radius 3 is 2.25 bits per heavy atom. The number of rotatable bonds is 6. The number of thioether (sulfide) groups is 1. The summed E-state index contributed by atoms with van der Waals surface area (Å²) >= 11 is 1.43. The number of anilines is 2. The fourth-order valence-corrected chi connectivity index (χ4v) is 9.99. The highest BCUT2D eigenvalue weighted by Crippen LogP contribution is 2.41. The molecule has 3 aromatic carbocycles. The number of hydrogen-bond donors (Lipinski definition) is 0. The number of benzene rings is 3. The second-order valence-electron chi connectivity index (χ2n) is 11.3. The van der Waals surface area contributed by atoms with Crippen molar-refractivity contribution in [1.82, 2.24) is 0 Å². The van der Waals surface area contributed by atoms with Gasteiger partial charge in [0.1, 0.15) is 0 Å². The van der Waals surface area contributed by atoms with Gasteiger partial charge in [0.05, 0.1) is 24.0 Å². The maximum atomic E-state index is 12.9. The molecular weight excluding hydrogens is 539 g/mol. The number of amidine groups is 1. The minimum Gasteiger partial charge on any atom is -0.372 e. The van der Waals surface area contributed by atoms with Gasteiger partial charge in [-0.3, -0.25) is 4.79 Å². The quantitative estimate of drug-likeness (QED) is 0.399. The molecule has 0 spiro atoms. The molecule has 0 N–H and O–H groups in total. The fraction of sp³-hybridized carbons (Fsp3) is 0.375. The SMILES string of the molecule is Cc1ccc(CC(=O)N=C2SC3CS(=O)(=O)CC3N2c2ccc(N3CCC(Cc4ccccc4)CC3)cc2)cc1. The van der Waals surface area contributed by atoms with Crippen molar-refractivity contribution in [2.75, 3.05) is 34.4 Å². The summed E-state index contributed by atoms with van der Waals surface area (Å²) in [7, 11) is -3.11. The van der Waals surface area contributed by atoms with E-state index in [1.807, 2.05) is 36.1 Å². The number of aliphatic imine (C=N–C) groups is 1. The molecule has 6 nitrogen and oxygen atoms in total. The van der Waals surface area contributed by atoms with E-state index >= 15 is 0 Å². The molecule has 3 aliphatic heterocycles. The molecule has 3 saturated heterocycles. The third-order valence-corrected chi connectivity index (χ3v) is 11.4. The molecule has 0 radical (unpaired) electrons. The maximum Gasteiger partial charge on any atom is 0.252 e. The highest BCUT2D eigenvalue weighted by Gasteiger charge is 2.49. The molecule has 8 heteroatoms. The van der Waals surface area contributed by atoms with Crippen molar-refractivity contribution >= 4 is 44.0 Å². The number of fused-ring (bicyclic) bond motifs is 1. The molecule has 3 aliphatic rings. The Morgan fingerprint density at radius 2 is 1.55 bits per heavy atom. The Balaban J connectivity index is 1.16. The zero-order valence-electron chi connectivity index (χ0n) is 22.8. The highest BCUT2D eigenvalue weighted by molar-refractivity contribution is 8.16. The average molecular weight is 574 g/mol. The van der Waals surface area contributed by atoms with E-state index in [-0.39, 0.29) is 35.1 Å². The number of nitrogens with zero attached hydrogens (tertiary/aromatic N) is 3. The van der Waals surface area contributed by atoms with E-state index in [2.05, 4.69) is 64.5 Å². The average Bonchev–Trinajstić information content (AvgIpc) is 3.41. The van der Waals surface area contributed by atoms with E-state index < -0.39 is 9.84 Å². The number of carbonyl (C=O) groups is 1. The Hall–Kier alpha value is -3.10. The van der Waals surface area contributed by atoms with E-state index in [9.17, 15) is 13.2 Å². The van der Waals surface area contributed by atoms with E-state index in [0.717, 1.165) is 36.3 Å². The van der Waals surface area contributed by atoms with Crippen molar-refractivity contribution in [1.29, 1.82) is 0 Å². The lowest BCUT2D eigenvalue weighted by Gasteiger charge is -2.34. The fourth-order valence-electron chi connectivity index (χ4n) is 6.06. The molecular formula is C32H35N3O3S2. The predicted octanol–water partition coefficient (Wildman–Crippen LogP) is 5.30. The smallest absolute Gasteiger partial charge is 0.252 e. The van der Waals surface area contributed by atoms with Crippen LogP contribution in [-0.2, 0) is 27.5 Å². The highest BCUT2D eigenvalue weighted by atomic mass is 32.2.